The van der Waals surface area contributed by atoms with Crippen LogP contribution in [0.25, 0.3) is 0 Å². The average Bonchev–Trinajstić information content (AvgIpc) is 2.83. The summed E-state index contributed by atoms with van der Waals surface area (Å²) in [6.07, 6.45) is 2.57. The van der Waals surface area contributed by atoms with Crippen LogP contribution in [0.5, 0.6) is 17.2 Å². The lowest BCUT2D eigenvalue weighted by molar-refractivity contribution is -0.153. The molecule has 2 atom stereocenters. The highest BCUT2D eigenvalue weighted by Gasteiger charge is 2.38. The molecule has 1 aliphatic heterocycles. The lowest BCUT2D eigenvalue weighted by Crippen LogP contribution is -2.42. The Morgan fingerprint density at radius 1 is 1.19 bits per heavy atom. The minimum Gasteiger partial charge on any atom is -0.489 e. The third-order valence-corrected chi connectivity index (χ3v) is 7.94. The van der Waals surface area contributed by atoms with E-state index in [0.29, 0.717) is 29.0 Å². The minimum atomic E-state index is -1.32. The van der Waals surface area contributed by atoms with Crippen LogP contribution in [0.1, 0.15) is 75.0 Å². The summed E-state index contributed by atoms with van der Waals surface area (Å²) in [4.78, 5) is 11.5. The van der Waals surface area contributed by atoms with Crippen molar-refractivity contribution in [2.75, 3.05) is 13.2 Å². The SMILES string of the molecule is CC(C)=CCOc1c(C)c(C)c2c(c1C)CCC(C)(COc1ccc(C(O)C(C)(C)C(=O)O)cc1Br)O2. The maximum absolute atomic E-state index is 11.5. The van der Waals surface area contributed by atoms with Gasteiger partial charge in [-0.05, 0) is 125 Å². The molecular formula is C30H39BrO6. The predicted octanol–water partition coefficient (Wildman–Crippen LogP) is 7.03. The first kappa shape index (κ1) is 29.1. The summed E-state index contributed by atoms with van der Waals surface area (Å²) in [5.74, 6) is 1.39. The van der Waals surface area contributed by atoms with Crippen molar-refractivity contribution in [2.45, 2.75) is 79.9 Å². The summed E-state index contributed by atoms with van der Waals surface area (Å²) in [7, 11) is 0. The van der Waals surface area contributed by atoms with Gasteiger partial charge in [0, 0.05) is 5.56 Å². The van der Waals surface area contributed by atoms with E-state index in [9.17, 15) is 15.0 Å². The van der Waals surface area contributed by atoms with Crippen molar-refractivity contribution >= 4 is 21.9 Å². The van der Waals surface area contributed by atoms with Crippen LogP contribution in [0.2, 0.25) is 0 Å². The van der Waals surface area contributed by atoms with Gasteiger partial charge in [-0.25, -0.2) is 0 Å². The smallest absolute Gasteiger partial charge is 0.312 e. The monoisotopic (exact) mass is 574 g/mol. The zero-order valence-corrected chi connectivity index (χ0v) is 24.7. The molecule has 0 aliphatic carbocycles. The second-order valence-corrected chi connectivity index (χ2v) is 11.9. The Morgan fingerprint density at radius 3 is 2.46 bits per heavy atom. The highest BCUT2D eigenvalue weighted by Crippen LogP contribution is 2.44. The molecule has 2 aromatic rings. The Hall–Kier alpha value is -2.51. The van der Waals surface area contributed by atoms with Crippen molar-refractivity contribution < 1.29 is 29.2 Å². The molecule has 6 nitrogen and oxygen atoms in total. The summed E-state index contributed by atoms with van der Waals surface area (Å²) in [6, 6.07) is 5.15. The molecule has 2 unspecified atom stereocenters. The third kappa shape index (κ3) is 6.15. The van der Waals surface area contributed by atoms with E-state index in [4.69, 9.17) is 14.2 Å². The van der Waals surface area contributed by atoms with E-state index in [1.54, 1.807) is 18.2 Å². The van der Waals surface area contributed by atoms with Gasteiger partial charge in [0.05, 0.1) is 16.0 Å². The number of rotatable bonds is 9. The number of carboxylic acids is 1. The number of carbonyl (C=O) groups is 1. The first-order valence-corrected chi connectivity index (χ1v) is 13.4. The summed E-state index contributed by atoms with van der Waals surface area (Å²) in [5, 5.41) is 20.0. The van der Waals surface area contributed by atoms with Gasteiger partial charge in [-0.2, -0.15) is 0 Å². The molecule has 0 aromatic heterocycles. The number of ether oxygens (including phenoxy) is 3. The maximum atomic E-state index is 11.5. The van der Waals surface area contributed by atoms with Crippen LogP contribution in [0.15, 0.2) is 34.3 Å². The molecule has 1 aliphatic rings. The van der Waals surface area contributed by atoms with Crippen molar-refractivity contribution in [1.29, 1.82) is 0 Å². The number of hydrogen-bond donors (Lipinski definition) is 2. The molecule has 0 saturated carbocycles. The standard InChI is InChI=1S/C30H39BrO6/c1-17(2)12-14-35-25-18(3)19(4)26-22(20(25)5)11-13-30(8,37-26)16-36-24-10-9-21(15-23(24)31)27(32)29(6,7)28(33)34/h9-10,12,15,27,32H,11,13-14,16H2,1-8H3,(H,33,34). The van der Waals surface area contributed by atoms with Gasteiger partial charge >= 0.3 is 5.97 Å². The number of aliphatic hydroxyl groups excluding tert-OH is 1. The van der Waals surface area contributed by atoms with Crippen LogP contribution >= 0.6 is 15.9 Å². The molecule has 0 fully saturated rings. The Bertz CT molecular complexity index is 1210. The first-order valence-electron chi connectivity index (χ1n) is 12.6. The molecular weight excluding hydrogens is 536 g/mol. The molecule has 0 radical (unpaired) electrons. The van der Waals surface area contributed by atoms with Crippen molar-refractivity contribution in [3.8, 4) is 17.2 Å². The van der Waals surface area contributed by atoms with Crippen molar-refractivity contribution in [3.63, 3.8) is 0 Å². The van der Waals surface area contributed by atoms with E-state index in [-0.39, 0.29) is 0 Å². The van der Waals surface area contributed by atoms with Gasteiger partial charge < -0.3 is 24.4 Å². The Morgan fingerprint density at radius 2 is 1.86 bits per heavy atom. The second kappa shape index (κ2) is 11.1. The number of fused-ring (bicyclic) bond motifs is 1. The van der Waals surface area contributed by atoms with Gasteiger partial charge in [0.15, 0.2) is 0 Å². The molecule has 0 spiro atoms. The fraction of sp³-hybridized carbons (Fsp3) is 0.500. The summed E-state index contributed by atoms with van der Waals surface area (Å²) in [6.45, 7) is 16.3. The van der Waals surface area contributed by atoms with Crippen molar-refractivity contribution in [1.82, 2.24) is 0 Å². The topological polar surface area (TPSA) is 85.2 Å². The van der Waals surface area contributed by atoms with Crippen LogP contribution in [-0.4, -0.2) is 35.0 Å². The minimum absolute atomic E-state index is 0.337. The fourth-order valence-electron chi connectivity index (χ4n) is 4.46. The summed E-state index contributed by atoms with van der Waals surface area (Å²) >= 11 is 3.51. The number of aliphatic carboxylic acids is 1. The number of hydrogen-bond acceptors (Lipinski definition) is 5. The van der Waals surface area contributed by atoms with Crippen LogP contribution in [0.3, 0.4) is 0 Å². The highest BCUT2D eigenvalue weighted by molar-refractivity contribution is 9.10. The molecule has 37 heavy (non-hydrogen) atoms. The number of carboxylic acid groups (broad SMARTS) is 1. The molecule has 7 heteroatoms. The van der Waals surface area contributed by atoms with Crippen LogP contribution in [0.4, 0.5) is 0 Å². The molecule has 3 rings (SSSR count). The van der Waals surface area contributed by atoms with Gasteiger partial charge in [0.2, 0.25) is 0 Å². The van der Waals surface area contributed by atoms with Crippen LogP contribution < -0.4 is 14.2 Å². The van der Waals surface area contributed by atoms with E-state index in [1.165, 1.54) is 25.0 Å². The quantitative estimate of drug-likeness (QED) is 0.313. The maximum Gasteiger partial charge on any atom is 0.312 e. The lowest BCUT2D eigenvalue weighted by Gasteiger charge is -2.38. The summed E-state index contributed by atoms with van der Waals surface area (Å²) in [5.41, 5.74) is 4.38. The zero-order chi connectivity index (χ0) is 27.7. The third-order valence-electron chi connectivity index (χ3n) is 7.32. The van der Waals surface area contributed by atoms with Gasteiger partial charge in [0.25, 0.3) is 0 Å². The molecule has 0 amide bonds. The Kier molecular flexibility index (Phi) is 8.70. The van der Waals surface area contributed by atoms with E-state index >= 15 is 0 Å². The number of aliphatic hydroxyl groups is 1. The predicted molar refractivity (Wildman–Crippen MR) is 149 cm³/mol. The largest absolute Gasteiger partial charge is 0.489 e. The van der Waals surface area contributed by atoms with E-state index in [1.807, 2.05) is 0 Å². The van der Waals surface area contributed by atoms with Gasteiger partial charge in [-0.1, -0.05) is 11.6 Å². The van der Waals surface area contributed by atoms with Gasteiger partial charge in [0.1, 0.15) is 36.1 Å². The second-order valence-electron chi connectivity index (χ2n) is 11.1. The van der Waals surface area contributed by atoms with E-state index < -0.39 is 23.1 Å². The average molecular weight is 576 g/mol. The summed E-state index contributed by atoms with van der Waals surface area (Å²) < 4.78 is 19.5. The van der Waals surface area contributed by atoms with Crippen molar-refractivity contribution in [2.24, 2.45) is 5.41 Å². The van der Waals surface area contributed by atoms with Gasteiger partial charge in [-0.3, -0.25) is 4.79 Å². The fourth-order valence-corrected chi connectivity index (χ4v) is 4.97. The van der Waals surface area contributed by atoms with E-state index in [2.05, 4.69) is 63.5 Å². The first-order chi connectivity index (χ1) is 17.2. The molecule has 1 heterocycles. The van der Waals surface area contributed by atoms with Crippen molar-refractivity contribution in [3.05, 3.63) is 62.1 Å². The number of halogens is 1. The number of allylic oxidation sites excluding steroid dienone is 1. The molecule has 0 bridgehead atoms. The molecule has 2 N–H and O–H groups in total. The van der Waals surface area contributed by atoms with Crippen LogP contribution in [0, 0.1) is 26.2 Å². The Balaban J connectivity index is 1.77. The van der Waals surface area contributed by atoms with E-state index in [0.717, 1.165) is 41.0 Å². The molecule has 2 aromatic carbocycles. The molecule has 202 valence electrons. The highest BCUT2D eigenvalue weighted by atomic mass is 79.9. The van der Waals surface area contributed by atoms with Crippen LogP contribution in [-0.2, 0) is 11.2 Å². The Labute approximate surface area is 228 Å². The zero-order valence-electron chi connectivity index (χ0n) is 23.1. The number of benzene rings is 2. The normalized spacial score (nSPS) is 17.9. The molecule has 0 saturated heterocycles. The lowest BCUT2D eigenvalue weighted by atomic mass is 9.83. The van der Waals surface area contributed by atoms with Gasteiger partial charge in [-0.15, -0.1) is 0 Å².